The number of halogens is 1. The molecule has 0 aliphatic carbocycles. The summed E-state index contributed by atoms with van der Waals surface area (Å²) in [7, 11) is 0. The minimum absolute atomic E-state index is 0.0253. The number of rotatable bonds is 5. The second kappa shape index (κ2) is 6.20. The Bertz CT molecular complexity index is 853. The van der Waals surface area contributed by atoms with Gasteiger partial charge >= 0.3 is 5.97 Å². The fourth-order valence-corrected chi connectivity index (χ4v) is 2.73. The molecule has 5 heteroatoms. The maximum absolute atomic E-state index is 13.1. The molecule has 1 aromatic heterocycles. The van der Waals surface area contributed by atoms with Gasteiger partial charge < -0.3 is 9.67 Å². The number of carbonyl (C=O) groups is 1. The van der Waals surface area contributed by atoms with E-state index in [0.717, 1.165) is 41.0 Å². The van der Waals surface area contributed by atoms with Crippen LogP contribution in [0.1, 0.15) is 18.9 Å². The van der Waals surface area contributed by atoms with Crippen molar-refractivity contribution in [2.45, 2.75) is 26.3 Å². The third kappa shape index (κ3) is 3.08. The summed E-state index contributed by atoms with van der Waals surface area (Å²) in [6.07, 6.45) is 0.916. The molecule has 1 heterocycles. The molecular weight excluding hydrogens is 295 g/mol. The Morgan fingerprint density at radius 2 is 1.96 bits per heavy atom. The van der Waals surface area contributed by atoms with Crippen LogP contribution in [0.2, 0.25) is 0 Å². The normalized spacial score (nSPS) is 11.0. The maximum atomic E-state index is 13.1. The van der Waals surface area contributed by atoms with Crippen molar-refractivity contribution in [3.63, 3.8) is 0 Å². The van der Waals surface area contributed by atoms with Gasteiger partial charge in [-0.05, 0) is 48.4 Å². The summed E-state index contributed by atoms with van der Waals surface area (Å²) in [5, 5.41) is 8.93. The van der Waals surface area contributed by atoms with Gasteiger partial charge in [-0.15, -0.1) is 0 Å². The zero-order valence-electron chi connectivity index (χ0n) is 12.8. The van der Waals surface area contributed by atoms with Crippen LogP contribution in [0, 0.1) is 5.82 Å². The lowest BCUT2D eigenvalue weighted by Crippen LogP contribution is -2.01. The van der Waals surface area contributed by atoms with Crippen molar-refractivity contribution in [1.29, 1.82) is 0 Å². The van der Waals surface area contributed by atoms with Crippen LogP contribution in [0.25, 0.3) is 22.4 Å². The van der Waals surface area contributed by atoms with E-state index in [0.29, 0.717) is 0 Å². The standard InChI is InChI=1S/C18H17FN2O2/c1-2-9-21-16-8-3-12(11-17(22)23)10-15(16)20-18(21)13-4-6-14(19)7-5-13/h3-8,10H,2,9,11H2,1H3,(H,22,23). The molecule has 0 amide bonds. The number of carboxylic acid groups (broad SMARTS) is 1. The highest BCUT2D eigenvalue weighted by Crippen LogP contribution is 2.26. The fourth-order valence-electron chi connectivity index (χ4n) is 2.73. The Labute approximate surface area is 133 Å². The minimum Gasteiger partial charge on any atom is -0.481 e. The molecule has 2 aromatic carbocycles. The first-order valence-electron chi connectivity index (χ1n) is 7.55. The highest BCUT2D eigenvalue weighted by Gasteiger charge is 2.13. The lowest BCUT2D eigenvalue weighted by molar-refractivity contribution is -0.136. The first-order valence-corrected chi connectivity index (χ1v) is 7.55. The summed E-state index contributed by atoms with van der Waals surface area (Å²) in [4.78, 5) is 15.5. The average Bonchev–Trinajstić information content (AvgIpc) is 2.86. The Morgan fingerprint density at radius 1 is 1.22 bits per heavy atom. The molecule has 0 spiro atoms. The monoisotopic (exact) mass is 312 g/mol. The van der Waals surface area contributed by atoms with Crippen LogP contribution in [0.15, 0.2) is 42.5 Å². The molecule has 0 radical (unpaired) electrons. The number of benzene rings is 2. The molecule has 4 nitrogen and oxygen atoms in total. The number of imidazole rings is 1. The summed E-state index contributed by atoms with van der Waals surface area (Å²) < 4.78 is 15.2. The molecule has 0 atom stereocenters. The third-order valence-corrected chi connectivity index (χ3v) is 3.72. The molecule has 0 fully saturated rings. The maximum Gasteiger partial charge on any atom is 0.307 e. The molecule has 3 rings (SSSR count). The highest BCUT2D eigenvalue weighted by molar-refractivity contribution is 5.82. The Hall–Kier alpha value is -2.69. The number of hydrogen-bond acceptors (Lipinski definition) is 2. The number of fused-ring (bicyclic) bond motifs is 1. The molecular formula is C18H17FN2O2. The molecule has 0 unspecified atom stereocenters. The zero-order chi connectivity index (χ0) is 16.4. The van der Waals surface area contributed by atoms with Gasteiger partial charge in [0.1, 0.15) is 11.6 Å². The van der Waals surface area contributed by atoms with Gasteiger partial charge in [-0.2, -0.15) is 0 Å². The van der Waals surface area contributed by atoms with Crippen molar-refractivity contribution in [2.24, 2.45) is 0 Å². The van der Waals surface area contributed by atoms with Gasteiger partial charge in [-0.1, -0.05) is 13.0 Å². The van der Waals surface area contributed by atoms with E-state index in [-0.39, 0.29) is 12.2 Å². The highest BCUT2D eigenvalue weighted by atomic mass is 19.1. The number of aromatic nitrogens is 2. The van der Waals surface area contributed by atoms with Gasteiger partial charge in [0.25, 0.3) is 0 Å². The third-order valence-electron chi connectivity index (χ3n) is 3.72. The van der Waals surface area contributed by atoms with E-state index in [2.05, 4.69) is 16.5 Å². The minimum atomic E-state index is -0.865. The molecule has 0 aliphatic heterocycles. The summed E-state index contributed by atoms with van der Waals surface area (Å²) in [5.74, 6) is -0.374. The van der Waals surface area contributed by atoms with Gasteiger partial charge in [0.05, 0.1) is 17.5 Å². The van der Waals surface area contributed by atoms with Gasteiger partial charge in [-0.3, -0.25) is 4.79 Å². The largest absolute Gasteiger partial charge is 0.481 e. The second-order valence-corrected chi connectivity index (χ2v) is 5.49. The summed E-state index contributed by atoms with van der Waals surface area (Å²) in [6.45, 7) is 2.88. The van der Waals surface area contributed by atoms with E-state index in [9.17, 15) is 9.18 Å². The number of aliphatic carboxylic acids is 1. The molecule has 23 heavy (non-hydrogen) atoms. The van der Waals surface area contributed by atoms with Crippen molar-refractivity contribution in [3.8, 4) is 11.4 Å². The summed E-state index contributed by atoms with van der Waals surface area (Å²) in [6, 6.07) is 11.8. The molecule has 0 saturated heterocycles. The SMILES string of the molecule is CCCn1c(-c2ccc(F)cc2)nc2cc(CC(=O)O)ccc21. The molecule has 0 saturated carbocycles. The zero-order valence-corrected chi connectivity index (χ0v) is 12.8. The number of nitrogens with zero attached hydrogens (tertiary/aromatic N) is 2. The van der Waals surface area contributed by atoms with E-state index in [4.69, 9.17) is 5.11 Å². The number of aryl methyl sites for hydroxylation is 1. The van der Waals surface area contributed by atoms with Crippen molar-refractivity contribution in [2.75, 3.05) is 0 Å². The predicted octanol–water partition coefficient (Wildman–Crippen LogP) is 3.88. The average molecular weight is 312 g/mol. The number of carboxylic acids is 1. The van der Waals surface area contributed by atoms with Crippen LogP contribution in [0.5, 0.6) is 0 Å². The van der Waals surface area contributed by atoms with E-state index >= 15 is 0 Å². The molecule has 0 aliphatic rings. The molecule has 118 valence electrons. The van der Waals surface area contributed by atoms with Crippen LogP contribution in [-0.4, -0.2) is 20.6 Å². The van der Waals surface area contributed by atoms with Gasteiger partial charge in [-0.25, -0.2) is 9.37 Å². The Kier molecular flexibility index (Phi) is 4.10. The predicted molar refractivity (Wildman–Crippen MR) is 86.8 cm³/mol. The molecule has 0 bridgehead atoms. The number of hydrogen-bond donors (Lipinski definition) is 1. The van der Waals surface area contributed by atoms with Crippen LogP contribution in [0.3, 0.4) is 0 Å². The van der Waals surface area contributed by atoms with E-state index in [1.807, 2.05) is 18.2 Å². The topological polar surface area (TPSA) is 55.1 Å². The lowest BCUT2D eigenvalue weighted by Gasteiger charge is -2.08. The first kappa shape index (κ1) is 15.2. The van der Waals surface area contributed by atoms with Crippen LogP contribution < -0.4 is 0 Å². The van der Waals surface area contributed by atoms with E-state index < -0.39 is 5.97 Å². The quantitative estimate of drug-likeness (QED) is 0.778. The fraction of sp³-hybridized carbons (Fsp3) is 0.222. The Morgan fingerprint density at radius 3 is 2.61 bits per heavy atom. The molecule has 1 N–H and O–H groups in total. The summed E-state index contributed by atoms with van der Waals surface area (Å²) in [5.41, 5.74) is 3.28. The van der Waals surface area contributed by atoms with Crippen LogP contribution >= 0.6 is 0 Å². The van der Waals surface area contributed by atoms with E-state index in [1.54, 1.807) is 12.1 Å². The van der Waals surface area contributed by atoms with Crippen molar-refractivity contribution in [1.82, 2.24) is 9.55 Å². The van der Waals surface area contributed by atoms with E-state index in [1.165, 1.54) is 12.1 Å². The van der Waals surface area contributed by atoms with Gasteiger partial charge in [0.2, 0.25) is 0 Å². The smallest absolute Gasteiger partial charge is 0.307 e. The van der Waals surface area contributed by atoms with Crippen molar-refractivity contribution >= 4 is 17.0 Å². The van der Waals surface area contributed by atoms with Crippen molar-refractivity contribution in [3.05, 3.63) is 53.8 Å². The lowest BCUT2D eigenvalue weighted by atomic mass is 10.1. The summed E-state index contributed by atoms with van der Waals surface area (Å²) >= 11 is 0. The van der Waals surface area contributed by atoms with Crippen LogP contribution in [-0.2, 0) is 17.8 Å². The van der Waals surface area contributed by atoms with Gasteiger partial charge in [0.15, 0.2) is 0 Å². The molecule has 3 aromatic rings. The first-order chi connectivity index (χ1) is 11.1. The van der Waals surface area contributed by atoms with Gasteiger partial charge in [0, 0.05) is 12.1 Å². The Balaban J connectivity index is 2.14. The van der Waals surface area contributed by atoms with Crippen molar-refractivity contribution < 1.29 is 14.3 Å². The second-order valence-electron chi connectivity index (χ2n) is 5.49. The van der Waals surface area contributed by atoms with Crippen LogP contribution in [0.4, 0.5) is 4.39 Å².